The smallest absolute Gasteiger partial charge is 0.328 e. The third kappa shape index (κ3) is 3.53. The number of nitrogens with one attached hydrogen (secondary N) is 1. The molecule has 1 aromatic heterocycles. The van der Waals surface area contributed by atoms with Gasteiger partial charge in [-0.15, -0.1) is 0 Å². The van der Waals surface area contributed by atoms with E-state index >= 15 is 0 Å². The fourth-order valence-electron chi connectivity index (χ4n) is 1.84. The Bertz CT molecular complexity index is 768. The molecule has 0 aliphatic rings. The molecule has 7 nitrogen and oxygen atoms in total. The van der Waals surface area contributed by atoms with E-state index in [9.17, 15) is 14.4 Å². The van der Waals surface area contributed by atoms with E-state index in [-0.39, 0.29) is 17.9 Å². The summed E-state index contributed by atoms with van der Waals surface area (Å²) in [7, 11) is 0. The summed E-state index contributed by atoms with van der Waals surface area (Å²) in [6.45, 7) is 0.204. The average Bonchev–Trinajstić information content (AvgIpc) is 2.45. The van der Waals surface area contributed by atoms with Crippen molar-refractivity contribution in [3.63, 3.8) is 0 Å². The minimum atomic E-state index is -1.07. The van der Waals surface area contributed by atoms with Gasteiger partial charge in [-0.1, -0.05) is 12.1 Å². The van der Waals surface area contributed by atoms with Crippen LogP contribution < -0.4 is 17.0 Å². The number of aliphatic carboxylic acids is 1. The number of nitrogens with zero attached hydrogens (tertiary/aromatic N) is 1. The standard InChI is InChI=1S/C13H15N3O4S/c14-9(12(18)19)7-21-6-5-16-11(17)8-3-1-2-4-10(8)15-13(16)20/h1-4,9H,5-7,14H2,(H,15,20)(H,18,19). The molecule has 2 aromatic rings. The second-order valence-corrected chi connectivity index (χ2v) is 5.60. The Kier molecular flexibility index (Phi) is 4.81. The predicted octanol–water partition coefficient (Wildman–Crippen LogP) is -0.165. The molecule has 0 saturated heterocycles. The Morgan fingerprint density at radius 3 is 2.81 bits per heavy atom. The molecule has 0 radical (unpaired) electrons. The molecule has 0 spiro atoms. The summed E-state index contributed by atoms with van der Waals surface area (Å²) >= 11 is 1.29. The predicted molar refractivity (Wildman–Crippen MR) is 81.8 cm³/mol. The van der Waals surface area contributed by atoms with E-state index in [0.717, 1.165) is 4.57 Å². The molecule has 0 bridgehead atoms. The van der Waals surface area contributed by atoms with Gasteiger partial charge in [-0.2, -0.15) is 11.8 Å². The lowest BCUT2D eigenvalue weighted by Crippen LogP contribution is -2.36. The van der Waals surface area contributed by atoms with Crippen LogP contribution >= 0.6 is 11.8 Å². The minimum absolute atomic E-state index is 0.204. The van der Waals surface area contributed by atoms with Crippen LogP contribution in [-0.4, -0.2) is 38.2 Å². The summed E-state index contributed by atoms with van der Waals surface area (Å²) in [5, 5.41) is 9.10. The normalized spacial score (nSPS) is 12.4. The molecule has 0 aliphatic heterocycles. The fourth-order valence-corrected chi connectivity index (χ4v) is 2.71. The zero-order valence-electron chi connectivity index (χ0n) is 11.1. The summed E-state index contributed by atoms with van der Waals surface area (Å²) in [5.74, 6) is -0.402. The highest BCUT2D eigenvalue weighted by Gasteiger charge is 2.11. The highest BCUT2D eigenvalue weighted by atomic mass is 32.2. The molecule has 21 heavy (non-hydrogen) atoms. The summed E-state index contributed by atoms with van der Waals surface area (Å²) in [5.41, 5.74) is 5.06. The van der Waals surface area contributed by atoms with Crippen molar-refractivity contribution in [1.82, 2.24) is 9.55 Å². The van der Waals surface area contributed by atoms with Gasteiger partial charge < -0.3 is 15.8 Å². The molecule has 1 heterocycles. The van der Waals surface area contributed by atoms with Crippen LogP contribution in [0.15, 0.2) is 33.9 Å². The van der Waals surface area contributed by atoms with Crippen LogP contribution in [0.4, 0.5) is 0 Å². The van der Waals surface area contributed by atoms with E-state index in [0.29, 0.717) is 16.7 Å². The zero-order valence-corrected chi connectivity index (χ0v) is 11.9. The number of aromatic nitrogens is 2. The third-order valence-corrected chi connectivity index (χ3v) is 4.03. The van der Waals surface area contributed by atoms with E-state index in [1.807, 2.05) is 0 Å². The Morgan fingerprint density at radius 1 is 1.38 bits per heavy atom. The first-order chi connectivity index (χ1) is 10.0. The Balaban J connectivity index is 2.11. The van der Waals surface area contributed by atoms with Crippen LogP contribution in [0.5, 0.6) is 0 Å². The Hall–Kier alpha value is -2.06. The van der Waals surface area contributed by atoms with Gasteiger partial charge in [0.25, 0.3) is 5.56 Å². The van der Waals surface area contributed by atoms with Gasteiger partial charge in [0.1, 0.15) is 6.04 Å². The summed E-state index contributed by atoms with van der Waals surface area (Å²) in [4.78, 5) is 37.3. The van der Waals surface area contributed by atoms with Gasteiger partial charge in [-0.05, 0) is 12.1 Å². The molecule has 2 rings (SSSR count). The summed E-state index contributed by atoms with van der Waals surface area (Å²) < 4.78 is 1.11. The largest absolute Gasteiger partial charge is 0.480 e. The highest BCUT2D eigenvalue weighted by Crippen LogP contribution is 2.05. The van der Waals surface area contributed by atoms with Gasteiger partial charge in [0, 0.05) is 18.1 Å². The number of aromatic amines is 1. The van der Waals surface area contributed by atoms with Crippen molar-refractivity contribution in [2.75, 3.05) is 11.5 Å². The Morgan fingerprint density at radius 2 is 2.10 bits per heavy atom. The number of carbonyl (C=O) groups is 1. The number of H-pyrrole nitrogens is 1. The number of hydrogen-bond donors (Lipinski definition) is 3. The first-order valence-electron chi connectivity index (χ1n) is 6.28. The molecule has 8 heteroatoms. The minimum Gasteiger partial charge on any atom is -0.480 e. The number of fused-ring (bicyclic) bond motifs is 1. The molecule has 0 fully saturated rings. The first-order valence-corrected chi connectivity index (χ1v) is 7.44. The van der Waals surface area contributed by atoms with E-state index in [1.165, 1.54) is 11.8 Å². The second-order valence-electron chi connectivity index (χ2n) is 4.45. The molecule has 0 saturated carbocycles. The number of thioether (sulfide) groups is 1. The van der Waals surface area contributed by atoms with Gasteiger partial charge in [-0.25, -0.2) is 4.79 Å². The molecule has 0 aliphatic carbocycles. The number of carboxylic acid groups (broad SMARTS) is 1. The lowest BCUT2D eigenvalue weighted by Gasteiger charge is -2.08. The number of hydrogen-bond acceptors (Lipinski definition) is 5. The Labute approximate surface area is 123 Å². The van der Waals surface area contributed by atoms with Crippen molar-refractivity contribution in [1.29, 1.82) is 0 Å². The number of carboxylic acids is 1. The maximum atomic E-state index is 12.2. The lowest BCUT2D eigenvalue weighted by molar-refractivity contribution is -0.137. The monoisotopic (exact) mass is 309 g/mol. The zero-order chi connectivity index (χ0) is 15.4. The van der Waals surface area contributed by atoms with E-state index in [1.54, 1.807) is 24.3 Å². The molecule has 1 unspecified atom stereocenters. The van der Waals surface area contributed by atoms with Crippen molar-refractivity contribution in [3.05, 3.63) is 45.1 Å². The van der Waals surface area contributed by atoms with Crippen LogP contribution in [0.3, 0.4) is 0 Å². The quantitative estimate of drug-likeness (QED) is 0.638. The number of para-hydroxylation sites is 1. The average molecular weight is 309 g/mol. The molecular formula is C13H15N3O4S. The van der Waals surface area contributed by atoms with E-state index < -0.39 is 17.7 Å². The third-order valence-electron chi connectivity index (χ3n) is 2.96. The van der Waals surface area contributed by atoms with Gasteiger partial charge in [0.15, 0.2) is 0 Å². The molecular weight excluding hydrogens is 294 g/mol. The summed E-state index contributed by atoms with van der Waals surface area (Å²) in [6.07, 6.45) is 0. The second kappa shape index (κ2) is 6.59. The topological polar surface area (TPSA) is 118 Å². The summed E-state index contributed by atoms with van der Waals surface area (Å²) in [6, 6.07) is 5.85. The molecule has 0 amide bonds. The maximum Gasteiger partial charge on any atom is 0.328 e. The van der Waals surface area contributed by atoms with Crippen molar-refractivity contribution >= 4 is 28.6 Å². The van der Waals surface area contributed by atoms with Crippen molar-refractivity contribution in [3.8, 4) is 0 Å². The first kappa shape index (κ1) is 15.3. The van der Waals surface area contributed by atoms with Crippen LogP contribution in [0.1, 0.15) is 0 Å². The SMILES string of the molecule is NC(CSCCn1c(=O)[nH]c2ccccc2c1=O)C(=O)O. The number of nitrogens with two attached hydrogens (primary N) is 1. The molecule has 1 aromatic carbocycles. The molecule has 112 valence electrons. The van der Waals surface area contributed by atoms with Gasteiger partial charge in [0.05, 0.1) is 10.9 Å². The molecule has 1 atom stereocenters. The van der Waals surface area contributed by atoms with E-state index in [4.69, 9.17) is 10.8 Å². The van der Waals surface area contributed by atoms with E-state index in [2.05, 4.69) is 4.98 Å². The van der Waals surface area contributed by atoms with Crippen molar-refractivity contribution < 1.29 is 9.90 Å². The van der Waals surface area contributed by atoms with Crippen LogP contribution in [0, 0.1) is 0 Å². The van der Waals surface area contributed by atoms with Gasteiger partial charge in [0.2, 0.25) is 0 Å². The molecule has 4 N–H and O–H groups in total. The number of benzene rings is 1. The fraction of sp³-hybridized carbons (Fsp3) is 0.308. The lowest BCUT2D eigenvalue weighted by atomic mass is 10.2. The van der Waals surface area contributed by atoms with Crippen molar-refractivity contribution in [2.24, 2.45) is 5.73 Å². The number of rotatable bonds is 6. The van der Waals surface area contributed by atoms with Crippen LogP contribution in [0.25, 0.3) is 10.9 Å². The van der Waals surface area contributed by atoms with Crippen LogP contribution in [0.2, 0.25) is 0 Å². The maximum absolute atomic E-state index is 12.2. The van der Waals surface area contributed by atoms with Gasteiger partial charge >= 0.3 is 11.7 Å². The highest BCUT2D eigenvalue weighted by molar-refractivity contribution is 7.99. The van der Waals surface area contributed by atoms with Gasteiger partial charge in [-0.3, -0.25) is 14.2 Å². The van der Waals surface area contributed by atoms with Crippen molar-refractivity contribution in [2.45, 2.75) is 12.6 Å². The van der Waals surface area contributed by atoms with Crippen LogP contribution in [-0.2, 0) is 11.3 Å².